The van der Waals surface area contributed by atoms with Crippen molar-refractivity contribution >= 4 is 33.0 Å². The molecule has 0 atom stereocenters. The van der Waals surface area contributed by atoms with Gasteiger partial charge >= 0.3 is 6.14 Å². The summed E-state index contributed by atoms with van der Waals surface area (Å²) in [6, 6.07) is 14.5. The maximum Gasteiger partial charge on any atom is 0.382 e. The van der Waals surface area contributed by atoms with Gasteiger partial charge in [-0.05, 0) is 36.5 Å². The molecule has 0 radical (unpaired) electrons. The van der Waals surface area contributed by atoms with E-state index in [0.29, 0.717) is 28.5 Å². The lowest BCUT2D eigenvalue weighted by atomic mass is 9.92. The Bertz CT molecular complexity index is 1760. The van der Waals surface area contributed by atoms with E-state index in [1.807, 2.05) is 6.07 Å². The lowest BCUT2D eigenvalue weighted by molar-refractivity contribution is -0.659. The zero-order chi connectivity index (χ0) is 25.3. The number of oxazole rings is 1. The standard InChI is InChI=1S/C30H29FN3O2/c1-16(2)19-8-7-9-20(17(3)4)26(19)34-15-14-33(6)29(34)24-18(5)10-11-21-22-12-13-23-25(32-30(31)35-23)28(22)36-27(21)24/h7-17H,1-6H3/q+1. The Morgan fingerprint density at radius 3 is 2.25 bits per heavy atom. The van der Waals surface area contributed by atoms with Gasteiger partial charge in [0.25, 0.3) is 5.82 Å². The van der Waals surface area contributed by atoms with Gasteiger partial charge in [0.15, 0.2) is 22.3 Å². The van der Waals surface area contributed by atoms with Gasteiger partial charge in [-0.3, -0.25) is 0 Å². The Balaban J connectivity index is 1.72. The van der Waals surface area contributed by atoms with E-state index in [0.717, 1.165) is 33.3 Å². The van der Waals surface area contributed by atoms with Gasteiger partial charge in [0.2, 0.25) is 0 Å². The number of hydrogen-bond acceptors (Lipinski definition) is 3. The topological polar surface area (TPSA) is 48.0 Å². The van der Waals surface area contributed by atoms with Gasteiger partial charge in [-0.15, -0.1) is 4.39 Å². The third kappa shape index (κ3) is 3.20. The van der Waals surface area contributed by atoms with Crippen LogP contribution >= 0.6 is 0 Å². The van der Waals surface area contributed by atoms with Gasteiger partial charge < -0.3 is 8.83 Å². The molecule has 0 fully saturated rings. The molecular formula is C30H29FN3O2+. The molecule has 0 unspecified atom stereocenters. The smallest absolute Gasteiger partial charge is 0.382 e. The molecule has 6 rings (SSSR count). The van der Waals surface area contributed by atoms with Gasteiger partial charge in [0.1, 0.15) is 23.6 Å². The van der Waals surface area contributed by atoms with Gasteiger partial charge in [0, 0.05) is 21.9 Å². The zero-order valence-corrected chi connectivity index (χ0v) is 21.4. The molecular weight excluding hydrogens is 453 g/mol. The fraction of sp³-hybridized carbons (Fsp3) is 0.267. The van der Waals surface area contributed by atoms with E-state index in [-0.39, 0.29) is 0 Å². The predicted octanol–water partition coefficient (Wildman–Crippen LogP) is 7.70. The van der Waals surface area contributed by atoms with Crippen LogP contribution in [-0.2, 0) is 7.05 Å². The number of fused-ring (bicyclic) bond motifs is 5. The van der Waals surface area contributed by atoms with Crippen LogP contribution in [0.2, 0.25) is 0 Å². The molecule has 3 aromatic carbocycles. The van der Waals surface area contributed by atoms with Crippen LogP contribution in [0.1, 0.15) is 56.2 Å². The monoisotopic (exact) mass is 482 g/mol. The van der Waals surface area contributed by atoms with Crippen molar-refractivity contribution in [2.24, 2.45) is 7.05 Å². The van der Waals surface area contributed by atoms with Gasteiger partial charge in [-0.25, -0.2) is 4.57 Å². The number of aromatic nitrogens is 3. The molecule has 0 N–H and O–H groups in total. The molecule has 6 aromatic rings. The molecule has 5 nitrogen and oxygen atoms in total. The molecule has 0 saturated carbocycles. The fourth-order valence-corrected chi connectivity index (χ4v) is 5.38. The first kappa shape index (κ1) is 22.5. The molecule has 3 aromatic heterocycles. The van der Waals surface area contributed by atoms with E-state index < -0.39 is 6.14 Å². The van der Waals surface area contributed by atoms with Crippen LogP contribution in [0.4, 0.5) is 4.39 Å². The van der Waals surface area contributed by atoms with E-state index in [9.17, 15) is 4.39 Å². The first-order chi connectivity index (χ1) is 17.3. The van der Waals surface area contributed by atoms with Crippen molar-refractivity contribution < 1.29 is 17.8 Å². The van der Waals surface area contributed by atoms with E-state index in [2.05, 4.69) is 98.5 Å². The Kier molecular flexibility index (Phi) is 5.04. The highest BCUT2D eigenvalue weighted by Crippen LogP contribution is 2.41. The highest BCUT2D eigenvalue weighted by atomic mass is 19.1. The molecule has 182 valence electrons. The number of para-hydroxylation sites is 1. The van der Waals surface area contributed by atoms with Crippen LogP contribution in [0, 0.1) is 13.1 Å². The number of imidazole rings is 1. The molecule has 0 amide bonds. The average Bonchev–Trinajstić information content (AvgIpc) is 3.52. The largest absolute Gasteiger partial charge is 0.453 e. The molecule has 0 aliphatic rings. The van der Waals surface area contributed by atoms with Crippen molar-refractivity contribution in [3.05, 3.63) is 77.7 Å². The first-order valence-corrected chi connectivity index (χ1v) is 12.4. The number of hydrogen-bond donors (Lipinski definition) is 0. The Hall–Kier alpha value is -3.93. The molecule has 0 bridgehead atoms. The highest BCUT2D eigenvalue weighted by Gasteiger charge is 2.30. The maximum absolute atomic E-state index is 13.8. The SMILES string of the molecule is Cc1ccc2c(oc3c2ccc2oc(F)nc23)c1-c1n(-c2c(C(C)C)cccc2C(C)C)cc[n+]1C. The number of aryl methyl sites for hydroxylation is 2. The minimum Gasteiger partial charge on any atom is -0.453 e. The average molecular weight is 483 g/mol. The number of furan rings is 1. The van der Waals surface area contributed by atoms with Crippen LogP contribution in [0.15, 0.2) is 63.7 Å². The summed E-state index contributed by atoms with van der Waals surface area (Å²) >= 11 is 0. The van der Waals surface area contributed by atoms with Crippen LogP contribution < -0.4 is 4.57 Å². The second-order valence-corrected chi connectivity index (χ2v) is 10.2. The molecule has 6 heteroatoms. The van der Waals surface area contributed by atoms with Crippen LogP contribution in [0.3, 0.4) is 0 Å². The summed E-state index contributed by atoms with van der Waals surface area (Å²) in [5.74, 6) is 1.74. The quantitative estimate of drug-likeness (QED) is 0.242. The van der Waals surface area contributed by atoms with Gasteiger partial charge in [-0.2, -0.15) is 9.55 Å². The highest BCUT2D eigenvalue weighted by molar-refractivity contribution is 6.15. The van der Waals surface area contributed by atoms with Crippen molar-refractivity contribution in [2.45, 2.75) is 46.5 Å². The zero-order valence-electron chi connectivity index (χ0n) is 21.4. The molecule has 0 aliphatic carbocycles. The van der Waals surface area contributed by atoms with Crippen molar-refractivity contribution in [3.63, 3.8) is 0 Å². The normalized spacial score (nSPS) is 12.2. The van der Waals surface area contributed by atoms with E-state index in [1.165, 1.54) is 16.8 Å². The third-order valence-electron chi connectivity index (χ3n) is 7.16. The lowest BCUT2D eigenvalue weighted by Gasteiger charge is -2.18. The second-order valence-electron chi connectivity index (χ2n) is 10.2. The Morgan fingerprint density at radius 1 is 0.889 bits per heavy atom. The summed E-state index contributed by atoms with van der Waals surface area (Å²) in [6.45, 7) is 11.0. The van der Waals surface area contributed by atoms with E-state index >= 15 is 0 Å². The summed E-state index contributed by atoms with van der Waals surface area (Å²) in [6.07, 6.45) is 3.36. The minimum atomic E-state index is -0.860. The predicted molar refractivity (Wildman–Crippen MR) is 140 cm³/mol. The lowest BCUT2D eigenvalue weighted by Crippen LogP contribution is -2.29. The summed E-state index contributed by atoms with van der Waals surface area (Å²) in [5, 5.41) is 1.85. The van der Waals surface area contributed by atoms with Crippen LogP contribution in [-0.4, -0.2) is 9.55 Å². The minimum absolute atomic E-state index is 0.359. The summed E-state index contributed by atoms with van der Waals surface area (Å²) in [4.78, 5) is 3.96. The maximum atomic E-state index is 13.8. The molecule has 0 aliphatic heterocycles. The van der Waals surface area contributed by atoms with Crippen molar-refractivity contribution in [1.82, 2.24) is 9.55 Å². The van der Waals surface area contributed by atoms with Gasteiger partial charge in [-0.1, -0.05) is 58.0 Å². The molecule has 36 heavy (non-hydrogen) atoms. The first-order valence-electron chi connectivity index (χ1n) is 12.4. The number of benzene rings is 3. The molecule has 0 spiro atoms. The van der Waals surface area contributed by atoms with E-state index in [1.54, 1.807) is 6.07 Å². The number of nitrogens with zero attached hydrogens (tertiary/aromatic N) is 3. The third-order valence-corrected chi connectivity index (χ3v) is 7.16. The van der Waals surface area contributed by atoms with Crippen LogP contribution in [0.25, 0.3) is 50.1 Å². The van der Waals surface area contributed by atoms with Crippen LogP contribution in [0.5, 0.6) is 0 Å². The molecule has 3 heterocycles. The van der Waals surface area contributed by atoms with Crippen molar-refractivity contribution in [3.8, 4) is 17.1 Å². The van der Waals surface area contributed by atoms with Gasteiger partial charge in [0.05, 0.1) is 7.05 Å². The van der Waals surface area contributed by atoms with Crippen molar-refractivity contribution in [2.75, 3.05) is 0 Å². The molecule has 0 saturated heterocycles. The number of rotatable bonds is 4. The summed E-state index contributed by atoms with van der Waals surface area (Å²) in [5.41, 5.74) is 7.97. The second kappa shape index (κ2) is 8.05. The summed E-state index contributed by atoms with van der Waals surface area (Å²) < 4.78 is 29.9. The van der Waals surface area contributed by atoms with Crippen molar-refractivity contribution in [1.29, 1.82) is 0 Å². The van der Waals surface area contributed by atoms with E-state index in [4.69, 9.17) is 8.83 Å². The Morgan fingerprint density at radius 2 is 1.56 bits per heavy atom. The fourth-order valence-electron chi connectivity index (χ4n) is 5.38. The number of halogens is 1. The Labute approximate surface area is 208 Å². The summed E-state index contributed by atoms with van der Waals surface area (Å²) in [7, 11) is 2.06.